The molecule has 0 radical (unpaired) electrons. The minimum Gasteiger partial charge on any atom is -0.480 e. The normalized spacial score (nSPS) is 15.9. The topological polar surface area (TPSA) is 101 Å². The predicted molar refractivity (Wildman–Crippen MR) is 75.8 cm³/mol. The Kier molecular flexibility index (Phi) is 5.54. The summed E-state index contributed by atoms with van der Waals surface area (Å²) in [4.78, 5) is 24.7. The first-order chi connectivity index (χ1) is 10.1. The van der Waals surface area contributed by atoms with E-state index in [0.717, 1.165) is 12.8 Å². The second-order valence-electron chi connectivity index (χ2n) is 5.10. The fraction of sp³-hybridized carbons (Fsp3) is 0.750. The number of nitrogens with zero attached hydrogens (tertiary/aromatic N) is 5. The van der Waals surface area contributed by atoms with Crippen molar-refractivity contribution in [3.05, 3.63) is 0 Å². The van der Waals surface area contributed by atoms with Gasteiger partial charge in [0.25, 0.3) is 0 Å². The summed E-state index contributed by atoms with van der Waals surface area (Å²) in [6.07, 6.45) is 5.71. The Morgan fingerprint density at radius 3 is 2.76 bits per heavy atom. The Labute approximate surface area is 126 Å². The van der Waals surface area contributed by atoms with Gasteiger partial charge in [0.1, 0.15) is 6.54 Å². The molecule has 1 aromatic heterocycles. The molecule has 0 bridgehead atoms. The molecular formula is C12H19N5O3S. The number of tetrazole rings is 1. The maximum absolute atomic E-state index is 12.2. The molecule has 9 heteroatoms. The minimum absolute atomic E-state index is 0.0248. The van der Waals surface area contributed by atoms with Gasteiger partial charge < -0.3 is 10.0 Å². The minimum atomic E-state index is -1.02. The van der Waals surface area contributed by atoms with Gasteiger partial charge in [0.15, 0.2) is 0 Å². The molecule has 1 heterocycles. The molecule has 1 aliphatic carbocycles. The molecule has 116 valence electrons. The number of aliphatic carboxylic acids is 1. The van der Waals surface area contributed by atoms with Crippen LogP contribution in [0.4, 0.5) is 0 Å². The quantitative estimate of drug-likeness (QED) is 0.769. The van der Waals surface area contributed by atoms with Gasteiger partial charge in [0, 0.05) is 13.1 Å². The molecule has 0 unspecified atom stereocenters. The lowest BCUT2D eigenvalue weighted by Gasteiger charge is -2.31. The van der Waals surface area contributed by atoms with E-state index in [0.29, 0.717) is 11.2 Å². The Morgan fingerprint density at radius 2 is 2.10 bits per heavy atom. The van der Waals surface area contributed by atoms with Crippen molar-refractivity contribution in [3.63, 3.8) is 0 Å². The van der Waals surface area contributed by atoms with Gasteiger partial charge in [-0.15, -0.1) is 5.10 Å². The van der Waals surface area contributed by atoms with E-state index in [1.807, 2.05) is 7.05 Å². The third kappa shape index (κ3) is 4.42. The second kappa shape index (κ2) is 7.39. The molecule has 0 saturated heterocycles. The highest BCUT2D eigenvalue weighted by Crippen LogP contribution is 2.23. The Bertz CT molecular complexity index is 501. The highest BCUT2D eigenvalue weighted by atomic mass is 32.2. The standard InChI is InChI=1S/C12H19N5O3S/c1-16(9-5-3-2-4-6-9)10(18)8-21-12-13-14-15-17(12)7-11(19)20/h9H,2-8H2,1H3,(H,19,20). The van der Waals surface area contributed by atoms with E-state index in [-0.39, 0.29) is 18.2 Å². The third-order valence-corrected chi connectivity index (χ3v) is 4.57. The van der Waals surface area contributed by atoms with Crippen molar-refractivity contribution in [1.82, 2.24) is 25.1 Å². The SMILES string of the molecule is CN(C(=O)CSc1nnnn1CC(=O)O)C1CCCCC1. The summed E-state index contributed by atoms with van der Waals surface area (Å²) in [6.45, 7) is -0.304. The zero-order valence-electron chi connectivity index (χ0n) is 11.9. The number of carbonyl (C=O) groups excluding carboxylic acids is 1. The van der Waals surface area contributed by atoms with Crippen molar-refractivity contribution in [2.75, 3.05) is 12.8 Å². The summed E-state index contributed by atoms with van der Waals surface area (Å²) in [7, 11) is 1.83. The molecule has 1 aliphatic rings. The molecule has 1 amide bonds. The summed E-state index contributed by atoms with van der Waals surface area (Å²) >= 11 is 1.17. The van der Waals surface area contributed by atoms with Crippen LogP contribution in [0.5, 0.6) is 0 Å². The van der Waals surface area contributed by atoms with Gasteiger partial charge in [-0.1, -0.05) is 31.0 Å². The van der Waals surface area contributed by atoms with Crippen LogP contribution in [0.15, 0.2) is 5.16 Å². The number of carbonyl (C=O) groups is 2. The summed E-state index contributed by atoms with van der Waals surface area (Å²) in [5.74, 6) is -0.779. The smallest absolute Gasteiger partial charge is 0.325 e. The van der Waals surface area contributed by atoms with Gasteiger partial charge in [0.2, 0.25) is 11.1 Å². The lowest BCUT2D eigenvalue weighted by molar-refractivity contribution is -0.138. The number of hydrogen-bond acceptors (Lipinski definition) is 6. The van der Waals surface area contributed by atoms with Gasteiger partial charge >= 0.3 is 5.97 Å². The van der Waals surface area contributed by atoms with Gasteiger partial charge in [-0.2, -0.15) is 0 Å². The summed E-state index contributed by atoms with van der Waals surface area (Å²) in [5.41, 5.74) is 0. The lowest BCUT2D eigenvalue weighted by atomic mass is 9.94. The first-order valence-electron chi connectivity index (χ1n) is 6.94. The first-order valence-corrected chi connectivity index (χ1v) is 7.93. The number of carboxylic acid groups (broad SMARTS) is 1. The van der Waals surface area contributed by atoms with Gasteiger partial charge in [-0.25, -0.2) is 4.68 Å². The van der Waals surface area contributed by atoms with Crippen molar-refractivity contribution >= 4 is 23.6 Å². The van der Waals surface area contributed by atoms with E-state index in [1.54, 1.807) is 4.90 Å². The summed E-state index contributed by atoms with van der Waals surface area (Å²) in [5, 5.41) is 19.9. The van der Waals surface area contributed by atoms with Crippen LogP contribution in [-0.2, 0) is 16.1 Å². The molecule has 1 aromatic rings. The van der Waals surface area contributed by atoms with E-state index in [2.05, 4.69) is 15.5 Å². The van der Waals surface area contributed by atoms with Crippen LogP contribution < -0.4 is 0 Å². The maximum Gasteiger partial charge on any atom is 0.325 e. The van der Waals surface area contributed by atoms with Gasteiger partial charge in [0.05, 0.1) is 5.75 Å². The van der Waals surface area contributed by atoms with Crippen LogP contribution in [0.2, 0.25) is 0 Å². The average molecular weight is 313 g/mol. The van der Waals surface area contributed by atoms with E-state index in [1.165, 1.54) is 35.7 Å². The number of carboxylic acids is 1. The maximum atomic E-state index is 12.2. The van der Waals surface area contributed by atoms with Crippen LogP contribution in [0.3, 0.4) is 0 Å². The zero-order chi connectivity index (χ0) is 15.2. The summed E-state index contributed by atoms with van der Waals surface area (Å²) in [6, 6.07) is 0.321. The monoisotopic (exact) mass is 313 g/mol. The molecule has 2 rings (SSSR count). The fourth-order valence-electron chi connectivity index (χ4n) is 2.43. The molecule has 1 N–H and O–H groups in total. The number of thioether (sulfide) groups is 1. The van der Waals surface area contributed by atoms with Crippen molar-refractivity contribution < 1.29 is 14.7 Å². The third-order valence-electron chi connectivity index (χ3n) is 3.62. The number of rotatable bonds is 6. The Morgan fingerprint density at radius 1 is 1.38 bits per heavy atom. The zero-order valence-corrected chi connectivity index (χ0v) is 12.8. The van der Waals surface area contributed by atoms with Gasteiger partial charge in [-0.05, 0) is 23.3 Å². The molecule has 1 fully saturated rings. The Balaban J connectivity index is 1.85. The van der Waals surface area contributed by atoms with Crippen LogP contribution in [0, 0.1) is 0 Å². The highest BCUT2D eigenvalue weighted by Gasteiger charge is 2.22. The summed E-state index contributed by atoms with van der Waals surface area (Å²) < 4.78 is 1.18. The highest BCUT2D eigenvalue weighted by molar-refractivity contribution is 7.99. The van der Waals surface area contributed by atoms with Crippen molar-refractivity contribution in [2.24, 2.45) is 0 Å². The molecule has 1 saturated carbocycles. The van der Waals surface area contributed by atoms with E-state index in [4.69, 9.17) is 5.11 Å². The van der Waals surface area contributed by atoms with Crippen molar-refractivity contribution in [3.8, 4) is 0 Å². The number of aromatic nitrogens is 4. The van der Waals surface area contributed by atoms with Crippen LogP contribution >= 0.6 is 11.8 Å². The molecule has 0 atom stereocenters. The molecule has 0 spiro atoms. The van der Waals surface area contributed by atoms with Crippen LogP contribution in [0.1, 0.15) is 32.1 Å². The van der Waals surface area contributed by atoms with Crippen molar-refractivity contribution in [2.45, 2.75) is 49.8 Å². The lowest BCUT2D eigenvalue weighted by Crippen LogP contribution is -2.39. The average Bonchev–Trinajstić information content (AvgIpc) is 2.91. The first kappa shape index (κ1) is 15.7. The van der Waals surface area contributed by atoms with E-state index in [9.17, 15) is 9.59 Å². The largest absolute Gasteiger partial charge is 0.480 e. The second-order valence-corrected chi connectivity index (χ2v) is 6.04. The van der Waals surface area contributed by atoms with Crippen LogP contribution in [-0.4, -0.2) is 60.9 Å². The molecular weight excluding hydrogens is 294 g/mol. The van der Waals surface area contributed by atoms with E-state index < -0.39 is 5.97 Å². The van der Waals surface area contributed by atoms with Crippen molar-refractivity contribution in [1.29, 1.82) is 0 Å². The van der Waals surface area contributed by atoms with E-state index >= 15 is 0 Å². The van der Waals surface area contributed by atoms with Crippen LogP contribution in [0.25, 0.3) is 0 Å². The molecule has 21 heavy (non-hydrogen) atoms. The van der Waals surface area contributed by atoms with Gasteiger partial charge in [-0.3, -0.25) is 9.59 Å². The molecule has 0 aromatic carbocycles. The molecule has 0 aliphatic heterocycles. The molecule has 8 nitrogen and oxygen atoms in total. The predicted octanol–water partition coefficient (Wildman–Crippen LogP) is 0.641. The Hall–Kier alpha value is -1.64. The number of amides is 1. The number of hydrogen-bond donors (Lipinski definition) is 1. The fourth-order valence-corrected chi connectivity index (χ4v) is 3.23.